The summed E-state index contributed by atoms with van der Waals surface area (Å²) in [5.41, 5.74) is 1.65. The van der Waals surface area contributed by atoms with Crippen LogP contribution >= 0.6 is 11.3 Å². The number of carbonyl (C=O) groups excluding carboxylic acids is 1. The van der Waals surface area contributed by atoms with Crippen LogP contribution in [0.2, 0.25) is 0 Å². The number of hydrogen-bond donors (Lipinski definition) is 3. The number of fused-ring (bicyclic) bond motifs is 1. The molecule has 35 heavy (non-hydrogen) atoms. The Balaban J connectivity index is 1.29. The average Bonchev–Trinajstić information content (AvgIpc) is 3.48. The normalized spacial score (nSPS) is 24.1. The molecule has 10 nitrogen and oxygen atoms in total. The summed E-state index contributed by atoms with van der Waals surface area (Å²) < 4.78 is 11.3. The van der Waals surface area contributed by atoms with Gasteiger partial charge in [-0.05, 0) is 45.6 Å². The van der Waals surface area contributed by atoms with E-state index in [1.807, 2.05) is 12.1 Å². The first-order valence-corrected chi connectivity index (χ1v) is 12.7. The van der Waals surface area contributed by atoms with E-state index >= 15 is 0 Å². The zero-order chi connectivity index (χ0) is 24.5. The number of thiazole rings is 1. The number of carbonyl (C=O) groups is 1. The number of rotatable bonds is 5. The Labute approximate surface area is 207 Å². The third-order valence-corrected chi connectivity index (χ3v) is 7.82. The van der Waals surface area contributed by atoms with Gasteiger partial charge in [-0.2, -0.15) is 0 Å². The van der Waals surface area contributed by atoms with Crippen molar-refractivity contribution in [3.63, 3.8) is 0 Å². The van der Waals surface area contributed by atoms with Crippen LogP contribution in [0, 0.1) is 0 Å². The molecule has 0 saturated heterocycles. The first kappa shape index (κ1) is 23.6. The van der Waals surface area contributed by atoms with E-state index in [1.54, 1.807) is 19.4 Å². The molecule has 4 heterocycles. The second-order valence-electron chi connectivity index (χ2n) is 9.14. The second kappa shape index (κ2) is 9.82. The van der Waals surface area contributed by atoms with E-state index in [-0.39, 0.29) is 30.3 Å². The highest BCUT2D eigenvalue weighted by molar-refractivity contribution is 7.16. The van der Waals surface area contributed by atoms with Crippen LogP contribution in [0.5, 0.6) is 5.88 Å². The van der Waals surface area contributed by atoms with Gasteiger partial charge < -0.3 is 24.5 Å². The van der Waals surface area contributed by atoms with Gasteiger partial charge in [-0.3, -0.25) is 5.32 Å². The zero-order valence-electron chi connectivity index (χ0n) is 20.0. The molecule has 0 unspecified atom stereocenters. The molecule has 5 rings (SSSR count). The maximum absolute atomic E-state index is 12.5. The highest BCUT2D eigenvalue weighted by Crippen LogP contribution is 2.41. The highest BCUT2D eigenvalue weighted by Gasteiger charge is 2.35. The van der Waals surface area contributed by atoms with Crippen LogP contribution in [0.3, 0.4) is 0 Å². The molecule has 0 radical (unpaired) electrons. The van der Waals surface area contributed by atoms with Crippen molar-refractivity contribution < 1.29 is 19.1 Å². The molecule has 3 aromatic rings. The van der Waals surface area contributed by atoms with Crippen LogP contribution < -0.4 is 20.3 Å². The minimum absolute atomic E-state index is 0.0190. The number of pyridine rings is 1. The summed E-state index contributed by atoms with van der Waals surface area (Å²) in [6.07, 6.45) is 5.16. The topological polar surface area (TPSA) is 126 Å². The largest absolute Gasteiger partial charge is 0.481 e. The SMILES string of the molecule is COc1cccc(-c2cnc(N3[C@H](C)Cc4nc(NC(=O)N[C@H]5CC[C@H](O)CC5)sc4[C@@H]3C)o2)n1. The zero-order valence-corrected chi connectivity index (χ0v) is 20.8. The van der Waals surface area contributed by atoms with E-state index in [0.29, 0.717) is 28.5 Å². The van der Waals surface area contributed by atoms with E-state index in [9.17, 15) is 9.90 Å². The number of hydrogen-bond acceptors (Lipinski definition) is 9. The maximum Gasteiger partial charge on any atom is 0.321 e. The Morgan fingerprint density at radius 2 is 2.03 bits per heavy atom. The van der Waals surface area contributed by atoms with Crippen LogP contribution in [0.1, 0.15) is 56.1 Å². The van der Waals surface area contributed by atoms with Gasteiger partial charge in [0, 0.05) is 24.6 Å². The molecule has 0 aromatic carbocycles. The molecule has 3 N–H and O–H groups in total. The van der Waals surface area contributed by atoms with Crippen LogP contribution in [0.15, 0.2) is 28.8 Å². The van der Waals surface area contributed by atoms with Gasteiger partial charge in [0.1, 0.15) is 5.69 Å². The lowest BCUT2D eigenvalue weighted by Gasteiger charge is -2.36. The van der Waals surface area contributed by atoms with Crippen molar-refractivity contribution >= 4 is 28.5 Å². The van der Waals surface area contributed by atoms with Gasteiger partial charge in [-0.15, -0.1) is 0 Å². The third kappa shape index (κ3) is 4.96. The molecule has 3 aromatic heterocycles. The molecule has 0 bridgehead atoms. The number of aliphatic hydroxyl groups excluding tert-OH is 1. The van der Waals surface area contributed by atoms with Gasteiger partial charge in [0.25, 0.3) is 6.01 Å². The molecule has 1 aliphatic carbocycles. The molecular weight excluding hydrogens is 468 g/mol. The Bertz CT molecular complexity index is 1190. The lowest BCUT2D eigenvalue weighted by atomic mass is 9.93. The predicted octanol–water partition coefficient (Wildman–Crippen LogP) is 4.14. The van der Waals surface area contributed by atoms with Gasteiger partial charge in [0.05, 0.1) is 36.0 Å². The number of urea groups is 1. The fourth-order valence-electron chi connectivity index (χ4n) is 4.84. The third-order valence-electron chi connectivity index (χ3n) is 6.64. The van der Waals surface area contributed by atoms with Crippen LogP contribution in [0.25, 0.3) is 11.5 Å². The number of aliphatic hydroxyl groups is 1. The number of amides is 2. The standard InChI is InChI=1S/C24H30N6O4S/c1-13-11-18-21(35-23(28-18)29-22(32)26-15-7-9-16(31)10-8-15)14(2)30(13)24-25-12-19(34-24)17-5-4-6-20(27-17)33-3/h4-6,12-16,31H,7-11H2,1-3H3,(H2,26,28,29,32)/t13-,14+,15-,16-/m1/s1. The van der Waals surface area contributed by atoms with Crippen molar-refractivity contribution in [2.24, 2.45) is 0 Å². The highest BCUT2D eigenvalue weighted by atomic mass is 32.1. The summed E-state index contributed by atoms with van der Waals surface area (Å²) in [7, 11) is 1.58. The first-order chi connectivity index (χ1) is 16.9. The number of anilines is 2. The average molecular weight is 499 g/mol. The lowest BCUT2D eigenvalue weighted by Crippen LogP contribution is -2.41. The maximum atomic E-state index is 12.5. The number of methoxy groups -OCH3 is 1. The summed E-state index contributed by atoms with van der Waals surface area (Å²) in [4.78, 5) is 29.4. The van der Waals surface area contributed by atoms with E-state index in [2.05, 4.69) is 39.3 Å². The summed E-state index contributed by atoms with van der Waals surface area (Å²) in [6, 6.07) is 5.95. The van der Waals surface area contributed by atoms with Crippen molar-refractivity contribution in [2.75, 3.05) is 17.3 Å². The molecule has 2 aliphatic rings. The summed E-state index contributed by atoms with van der Waals surface area (Å²) in [5.74, 6) is 1.09. The van der Waals surface area contributed by atoms with E-state index in [4.69, 9.17) is 14.1 Å². The Hall–Kier alpha value is -3.18. The van der Waals surface area contributed by atoms with Gasteiger partial charge in [-0.1, -0.05) is 17.4 Å². The molecular formula is C24H30N6O4S. The molecule has 1 fully saturated rings. The molecule has 0 spiro atoms. The Morgan fingerprint density at radius 1 is 1.23 bits per heavy atom. The number of nitrogens with one attached hydrogen (secondary N) is 2. The molecule has 186 valence electrons. The summed E-state index contributed by atoms with van der Waals surface area (Å²) in [5, 5.41) is 16.1. The van der Waals surface area contributed by atoms with Crippen LogP contribution in [0.4, 0.5) is 15.9 Å². The number of nitrogens with zero attached hydrogens (tertiary/aromatic N) is 4. The fraction of sp³-hybridized carbons (Fsp3) is 0.500. The van der Waals surface area contributed by atoms with Crippen LogP contribution in [-0.4, -0.2) is 51.4 Å². The molecule has 11 heteroatoms. The van der Waals surface area contributed by atoms with Crippen molar-refractivity contribution in [3.05, 3.63) is 35.0 Å². The van der Waals surface area contributed by atoms with Crippen molar-refractivity contribution in [3.8, 4) is 17.3 Å². The smallest absolute Gasteiger partial charge is 0.321 e. The summed E-state index contributed by atoms with van der Waals surface area (Å²) >= 11 is 1.48. The predicted molar refractivity (Wildman–Crippen MR) is 133 cm³/mol. The number of oxazole rings is 1. The quantitative estimate of drug-likeness (QED) is 0.479. The summed E-state index contributed by atoms with van der Waals surface area (Å²) in [6.45, 7) is 4.21. The van der Waals surface area contributed by atoms with E-state index in [0.717, 1.165) is 42.7 Å². The van der Waals surface area contributed by atoms with Crippen LogP contribution in [-0.2, 0) is 6.42 Å². The van der Waals surface area contributed by atoms with Gasteiger partial charge >= 0.3 is 6.03 Å². The monoisotopic (exact) mass is 498 g/mol. The Kier molecular flexibility index (Phi) is 6.61. The lowest BCUT2D eigenvalue weighted by molar-refractivity contribution is 0.118. The molecule has 2 amide bonds. The van der Waals surface area contributed by atoms with Crippen molar-refractivity contribution in [1.29, 1.82) is 0 Å². The number of ether oxygens (including phenoxy) is 1. The Morgan fingerprint density at radius 3 is 2.80 bits per heavy atom. The molecule has 1 aliphatic heterocycles. The first-order valence-electron chi connectivity index (χ1n) is 11.9. The van der Waals surface area contributed by atoms with Gasteiger partial charge in [-0.25, -0.2) is 19.7 Å². The van der Waals surface area contributed by atoms with E-state index < -0.39 is 0 Å². The minimum atomic E-state index is -0.252. The van der Waals surface area contributed by atoms with Gasteiger partial charge in [0.15, 0.2) is 10.9 Å². The molecule has 2 atom stereocenters. The van der Waals surface area contributed by atoms with Gasteiger partial charge in [0.2, 0.25) is 5.88 Å². The van der Waals surface area contributed by atoms with E-state index in [1.165, 1.54) is 11.3 Å². The van der Waals surface area contributed by atoms with Crippen molar-refractivity contribution in [1.82, 2.24) is 20.3 Å². The molecule has 1 saturated carbocycles. The minimum Gasteiger partial charge on any atom is -0.481 e. The fourth-order valence-corrected chi connectivity index (χ4v) is 5.88. The number of aromatic nitrogens is 3. The van der Waals surface area contributed by atoms with Crippen molar-refractivity contribution in [2.45, 2.75) is 70.2 Å². The second-order valence-corrected chi connectivity index (χ2v) is 10.2.